The van der Waals surface area contributed by atoms with E-state index in [0.29, 0.717) is 90.8 Å². The van der Waals surface area contributed by atoms with Gasteiger partial charge >= 0.3 is 0 Å². The number of imidazole rings is 2. The van der Waals surface area contributed by atoms with Gasteiger partial charge in [0.1, 0.15) is 22.7 Å². The van der Waals surface area contributed by atoms with E-state index >= 15 is 0 Å². The van der Waals surface area contributed by atoms with Gasteiger partial charge < -0.3 is 35.8 Å². The van der Waals surface area contributed by atoms with Crippen LogP contribution in [-0.2, 0) is 37.5 Å². The number of fused-ring (bicyclic) bond motifs is 2. The number of anilines is 3. The monoisotopic (exact) mass is 820 g/mol. The number of rotatable bonds is 15. The summed E-state index contributed by atoms with van der Waals surface area (Å²) in [7, 11) is 1.46. The van der Waals surface area contributed by atoms with E-state index < -0.39 is 23.6 Å². The van der Waals surface area contributed by atoms with Crippen molar-refractivity contribution in [2.75, 3.05) is 49.8 Å². The number of aromatic nitrogens is 8. The second-order valence-corrected chi connectivity index (χ2v) is 14.3. The molecule has 7 rings (SSSR count). The number of hydrogen-bond acceptors (Lipinski definition) is 12. The number of morpholine rings is 1. The summed E-state index contributed by atoms with van der Waals surface area (Å²) >= 11 is 0. The lowest BCUT2D eigenvalue weighted by Gasteiger charge is -2.27. The van der Waals surface area contributed by atoms with E-state index in [-0.39, 0.29) is 47.5 Å². The SMILES string of the molecule is CCn1nc(C)cc1C(=O)Nc1nc2cc(C(N)=O)cc(CN3CCOCC3)c2n1C/C=C/Cn1c(NC(=O)c2c(N)c(C)nn2CC)nc2cc(C(N)=O)cc(OC)c21. The van der Waals surface area contributed by atoms with Crippen molar-refractivity contribution in [2.45, 2.75) is 60.4 Å². The van der Waals surface area contributed by atoms with Crippen molar-refractivity contribution in [3.63, 3.8) is 0 Å². The molecule has 4 aromatic heterocycles. The molecule has 20 nitrogen and oxygen atoms in total. The van der Waals surface area contributed by atoms with Gasteiger partial charge in [-0.15, -0.1) is 0 Å². The van der Waals surface area contributed by atoms with E-state index in [0.717, 1.165) is 5.56 Å². The van der Waals surface area contributed by atoms with Gasteiger partial charge in [-0.3, -0.25) is 44.1 Å². The zero-order chi connectivity index (χ0) is 42.8. The number of aryl methyl sites for hydroxylation is 4. The molecular formula is C40H48N14O6. The number of nitrogens with zero attached hydrogens (tertiary/aromatic N) is 9. The Morgan fingerprint density at radius 2 is 1.38 bits per heavy atom. The third kappa shape index (κ3) is 8.01. The van der Waals surface area contributed by atoms with Crippen molar-refractivity contribution < 1.29 is 28.7 Å². The zero-order valence-electron chi connectivity index (χ0n) is 34.1. The lowest BCUT2D eigenvalue weighted by Crippen LogP contribution is -2.35. The van der Waals surface area contributed by atoms with Crippen LogP contribution in [-0.4, -0.2) is 101 Å². The minimum Gasteiger partial charge on any atom is -0.494 e. The van der Waals surface area contributed by atoms with Crippen LogP contribution in [0.25, 0.3) is 22.1 Å². The predicted octanol–water partition coefficient (Wildman–Crippen LogP) is 2.82. The third-order valence-corrected chi connectivity index (χ3v) is 10.3. The van der Waals surface area contributed by atoms with E-state index in [1.54, 1.807) is 34.4 Å². The highest BCUT2D eigenvalue weighted by Gasteiger charge is 2.25. The fourth-order valence-electron chi connectivity index (χ4n) is 7.41. The first-order chi connectivity index (χ1) is 28.8. The van der Waals surface area contributed by atoms with E-state index in [4.69, 9.17) is 36.6 Å². The maximum absolute atomic E-state index is 13.8. The number of nitrogens with two attached hydrogens (primary N) is 3. The molecule has 0 bridgehead atoms. The van der Waals surface area contributed by atoms with Gasteiger partial charge in [0, 0.05) is 56.9 Å². The topological polar surface area (TPSA) is 263 Å². The van der Waals surface area contributed by atoms with Crippen LogP contribution in [0.2, 0.25) is 0 Å². The Balaban J connectivity index is 1.29. The summed E-state index contributed by atoms with van der Waals surface area (Å²) in [5.74, 6) is -1.52. The van der Waals surface area contributed by atoms with Gasteiger partial charge in [-0.25, -0.2) is 9.97 Å². The first-order valence-electron chi connectivity index (χ1n) is 19.5. The molecule has 5 heterocycles. The number of ether oxygens (including phenoxy) is 2. The Bertz CT molecular complexity index is 2680. The second kappa shape index (κ2) is 17.0. The standard InChI is InChI=1S/C40H48N14O6/c1-6-53-29(16-22(3)48-53)37(57)46-39-44-27-18-24(35(42)55)17-26(21-50-12-14-60-15-13-50)32(27)51(39)10-8-9-11-52-33-28(19-25(36(43)56)20-30(33)59-5)45-40(52)47-38(58)34-31(41)23(4)49-54(34)7-2/h8-9,16-20H,6-7,10-15,21,41H2,1-5H3,(H2,42,55)(H2,43,56)(H,44,46,57)(H,45,47,58)/b9-8+. The quantitative estimate of drug-likeness (QED) is 0.0937. The van der Waals surface area contributed by atoms with E-state index in [1.165, 1.54) is 23.9 Å². The maximum atomic E-state index is 13.8. The van der Waals surface area contributed by atoms with E-state index in [2.05, 4.69) is 25.7 Å². The van der Waals surface area contributed by atoms with E-state index in [1.807, 2.05) is 37.5 Å². The van der Waals surface area contributed by atoms with Gasteiger partial charge in [0.2, 0.25) is 23.7 Å². The minimum atomic E-state index is -0.675. The summed E-state index contributed by atoms with van der Waals surface area (Å²) in [6, 6.07) is 8.13. The summed E-state index contributed by atoms with van der Waals surface area (Å²) in [6.45, 7) is 11.5. The molecule has 6 aromatic rings. The number of benzene rings is 2. The van der Waals surface area contributed by atoms with Crippen molar-refractivity contribution in [3.05, 3.63) is 81.9 Å². The van der Waals surface area contributed by atoms with Crippen molar-refractivity contribution in [2.24, 2.45) is 11.5 Å². The van der Waals surface area contributed by atoms with Crippen LogP contribution in [0, 0.1) is 13.8 Å². The number of nitrogens with one attached hydrogen (secondary N) is 2. The number of carbonyl (C=O) groups is 4. The highest BCUT2D eigenvalue weighted by atomic mass is 16.5. The Hall–Kier alpha value is -7.06. The van der Waals surface area contributed by atoms with Crippen LogP contribution in [0.1, 0.15) is 72.5 Å². The van der Waals surface area contributed by atoms with Gasteiger partial charge in [-0.1, -0.05) is 12.2 Å². The van der Waals surface area contributed by atoms with Crippen LogP contribution in [0.3, 0.4) is 0 Å². The molecular weight excluding hydrogens is 773 g/mol. The van der Waals surface area contributed by atoms with Crippen LogP contribution in [0.5, 0.6) is 5.75 Å². The summed E-state index contributed by atoms with van der Waals surface area (Å²) < 4.78 is 18.0. The second-order valence-electron chi connectivity index (χ2n) is 14.3. The van der Waals surface area contributed by atoms with Crippen LogP contribution in [0.4, 0.5) is 17.6 Å². The minimum absolute atomic E-state index is 0.149. The number of nitrogen functional groups attached to an aromatic ring is 1. The highest BCUT2D eigenvalue weighted by molar-refractivity contribution is 6.07. The molecule has 314 valence electrons. The zero-order valence-corrected chi connectivity index (χ0v) is 34.1. The molecule has 1 aliphatic rings. The molecule has 1 saturated heterocycles. The molecule has 0 unspecified atom stereocenters. The molecule has 1 aliphatic heterocycles. The lowest BCUT2D eigenvalue weighted by molar-refractivity contribution is 0.0343. The molecule has 0 saturated carbocycles. The predicted molar refractivity (Wildman–Crippen MR) is 224 cm³/mol. The summed E-state index contributed by atoms with van der Waals surface area (Å²) in [4.78, 5) is 64.1. The Morgan fingerprint density at radius 1 is 0.800 bits per heavy atom. The van der Waals surface area contributed by atoms with E-state index in [9.17, 15) is 19.2 Å². The van der Waals surface area contributed by atoms with Crippen molar-refractivity contribution in [1.82, 2.24) is 43.6 Å². The molecule has 60 heavy (non-hydrogen) atoms. The Morgan fingerprint density at radius 3 is 1.98 bits per heavy atom. The number of hydrogen-bond donors (Lipinski definition) is 5. The molecule has 20 heteroatoms. The lowest BCUT2D eigenvalue weighted by atomic mass is 10.1. The van der Waals surface area contributed by atoms with Crippen molar-refractivity contribution >= 4 is 63.3 Å². The molecule has 4 amide bonds. The first-order valence-corrected chi connectivity index (χ1v) is 19.5. The van der Waals surface area contributed by atoms with Crippen LogP contribution in [0.15, 0.2) is 42.5 Å². The smallest absolute Gasteiger partial charge is 0.278 e. The maximum Gasteiger partial charge on any atom is 0.278 e. The Labute approximate surface area is 344 Å². The number of methoxy groups -OCH3 is 1. The fraction of sp³-hybridized carbons (Fsp3) is 0.350. The van der Waals surface area contributed by atoms with Gasteiger partial charge in [0.25, 0.3) is 11.8 Å². The summed E-state index contributed by atoms with van der Waals surface area (Å²) in [6.07, 6.45) is 3.74. The average molecular weight is 821 g/mol. The molecule has 0 aliphatic carbocycles. The highest BCUT2D eigenvalue weighted by Crippen LogP contribution is 2.32. The Kier molecular flexibility index (Phi) is 11.7. The van der Waals surface area contributed by atoms with Gasteiger partial charge in [0.05, 0.1) is 53.9 Å². The van der Waals surface area contributed by atoms with Gasteiger partial charge in [-0.2, -0.15) is 10.2 Å². The number of allylic oxidation sites excluding steroid dienone is 2. The number of primary amides is 2. The third-order valence-electron chi connectivity index (χ3n) is 10.3. The van der Waals surface area contributed by atoms with Gasteiger partial charge in [0.15, 0.2) is 0 Å². The largest absolute Gasteiger partial charge is 0.494 e. The number of amides is 4. The average Bonchev–Trinajstić information content (AvgIpc) is 3.97. The van der Waals surface area contributed by atoms with Gasteiger partial charge in [-0.05, 0) is 63.6 Å². The van der Waals surface area contributed by atoms with Crippen LogP contribution >= 0.6 is 0 Å². The van der Waals surface area contributed by atoms with Crippen molar-refractivity contribution in [3.8, 4) is 5.75 Å². The first kappa shape index (κ1) is 41.1. The van der Waals surface area contributed by atoms with Crippen LogP contribution < -0.4 is 32.6 Å². The normalized spacial score (nSPS) is 13.4. The molecule has 0 spiro atoms. The molecule has 1 fully saturated rings. The molecule has 2 aromatic carbocycles. The summed E-state index contributed by atoms with van der Waals surface area (Å²) in [5, 5.41) is 14.7. The molecule has 0 radical (unpaired) electrons. The van der Waals surface area contributed by atoms with Crippen molar-refractivity contribution in [1.29, 1.82) is 0 Å². The molecule has 8 N–H and O–H groups in total. The fourth-order valence-corrected chi connectivity index (χ4v) is 7.41. The molecule has 0 atom stereocenters. The summed E-state index contributed by atoms with van der Waals surface area (Å²) in [5.41, 5.74) is 23.0. The number of carbonyl (C=O) groups excluding carboxylic acids is 4.